The molecule has 0 heterocycles. The Morgan fingerprint density at radius 1 is 1.09 bits per heavy atom. The molecule has 0 spiro atoms. The van der Waals surface area contributed by atoms with Gasteiger partial charge in [-0.1, -0.05) is 48.9 Å². The predicted octanol–water partition coefficient (Wildman–Crippen LogP) is 4.03. The second-order valence-electron chi connectivity index (χ2n) is 5.27. The maximum absolute atomic E-state index is 12.1. The van der Waals surface area contributed by atoms with E-state index in [1.54, 1.807) is 31.2 Å². The van der Waals surface area contributed by atoms with Crippen LogP contribution in [0.3, 0.4) is 0 Å². The molecule has 0 unspecified atom stereocenters. The van der Waals surface area contributed by atoms with Gasteiger partial charge in [0.2, 0.25) is 0 Å². The van der Waals surface area contributed by atoms with Crippen molar-refractivity contribution in [1.29, 1.82) is 0 Å². The van der Waals surface area contributed by atoms with Gasteiger partial charge in [0.15, 0.2) is 6.10 Å². The van der Waals surface area contributed by atoms with Crippen LogP contribution in [0.1, 0.15) is 25.3 Å². The SMILES string of the molecule is C[C@@H](Oc1ccc(Cl)cc1)C(=O)NC[C@H](C)c1ccccc1. The van der Waals surface area contributed by atoms with Crippen LogP contribution < -0.4 is 10.1 Å². The number of carbonyl (C=O) groups is 1. The molecular formula is C18H20ClNO2. The highest BCUT2D eigenvalue weighted by atomic mass is 35.5. The molecule has 0 saturated carbocycles. The van der Waals surface area contributed by atoms with Crippen LogP contribution in [0.15, 0.2) is 54.6 Å². The summed E-state index contributed by atoms with van der Waals surface area (Å²) in [5, 5.41) is 3.56. The summed E-state index contributed by atoms with van der Waals surface area (Å²) < 4.78 is 5.60. The van der Waals surface area contributed by atoms with E-state index >= 15 is 0 Å². The van der Waals surface area contributed by atoms with Gasteiger partial charge >= 0.3 is 0 Å². The third-order valence-corrected chi connectivity index (χ3v) is 3.70. The molecule has 0 aliphatic rings. The highest BCUT2D eigenvalue weighted by Gasteiger charge is 2.15. The minimum atomic E-state index is -0.552. The fourth-order valence-corrected chi connectivity index (χ4v) is 2.19. The number of halogens is 1. The second-order valence-corrected chi connectivity index (χ2v) is 5.71. The zero-order chi connectivity index (χ0) is 15.9. The lowest BCUT2D eigenvalue weighted by molar-refractivity contribution is -0.127. The van der Waals surface area contributed by atoms with Crippen LogP contribution in [0, 0.1) is 0 Å². The molecule has 4 heteroatoms. The molecule has 116 valence electrons. The standard InChI is InChI=1S/C18H20ClNO2/c1-13(15-6-4-3-5-7-15)12-20-18(21)14(2)22-17-10-8-16(19)9-11-17/h3-11,13-14H,12H2,1-2H3,(H,20,21)/t13-,14+/m0/s1. The number of nitrogens with one attached hydrogen (secondary N) is 1. The Balaban J connectivity index is 1.82. The number of amides is 1. The molecule has 2 aromatic rings. The molecule has 2 aromatic carbocycles. The Morgan fingerprint density at radius 2 is 1.73 bits per heavy atom. The van der Waals surface area contributed by atoms with Crippen molar-refractivity contribution in [3.63, 3.8) is 0 Å². The first-order valence-corrected chi connectivity index (χ1v) is 7.69. The van der Waals surface area contributed by atoms with Crippen LogP contribution in [0.25, 0.3) is 0 Å². The minimum absolute atomic E-state index is 0.127. The molecule has 0 aromatic heterocycles. The molecule has 0 saturated heterocycles. The van der Waals surface area contributed by atoms with Crippen LogP contribution in [0.4, 0.5) is 0 Å². The van der Waals surface area contributed by atoms with Crippen LogP contribution >= 0.6 is 11.6 Å². The van der Waals surface area contributed by atoms with E-state index in [4.69, 9.17) is 16.3 Å². The van der Waals surface area contributed by atoms with Gasteiger partial charge in [-0.2, -0.15) is 0 Å². The van der Waals surface area contributed by atoms with Crippen molar-refractivity contribution in [2.45, 2.75) is 25.9 Å². The van der Waals surface area contributed by atoms with Crippen molar-refractivity contribution in [2.24, 2.45) is 0 Å². The second kappa shape index (κ2) is 7.85. The van der Waals surface area contributed by atoms with Crippen LogP contribution in [-0.2, 0) is 4.79 Å². The van der Waals surface area contributed by atoms with Gasteiger partial charge in [0, 0.05) is 11.6 Å². The van der Waals surface area contributed by atoms with Crippen molar-refractivity contribution in [1.82, 2.24) is 5.32 Å². The van der Waals surface area contributed by atoms with Crippen molar-refractivity contribution in [3.8, 4) is 5.75 Å². The number of benzene rings is 2. The first-order valence-electron chi connectivity index (χ1n) is 7.31. The lowest BCUT2D eigenvalue weighted by atomic mass is 10.0. The third kappa shape index (κ3) is 4.78. The first kappa shape index (κ1) is 16.4. The summed E-state index contributed by atoms with van der Waals surface area (Å²) in [5.41, 5.74) is 1.20. The number of rotatable bonds is 6. The number of ether oxygens (including phenoxy) is 1. The molecule has 2 atom stereocenters. The number of hydrogen-bond donors (Lipinski definition) is 1. The molecule has 22 heavy (non-hydrogen) atoms. The molecule has 0 aliphatic carbocycles. The Labute approximate surface area is 136 Å². The topological polar surface area (TPSA) is 38.3 Å². The average Bonchev–Trinajstić information content (AvgIpc) is 2.55. The Kier molecular flexibility index (Phi) is 5.84. The number of carbonyl (C=O) groups excluding carboxylic acids is 1. The molecular weight excluding hydrogens is 298 g/mol. The van der Waals surface area contributed by atoms with E-state index in [9.17, 15) is 4.79 Å². The van der Waals surface area contributed by atoms with Gasteiger partial charge in [0.05, 0.1) is 0 Å². The maximum Gasteiger partial charge on any atom is 0.260 e. The summed E-state index contributed by atoms with van der Waals surface area (Å²) >= 11 is 5.82. The maximum atomic E-state index is 12.1. The van der Waals surface area contributed by atoms with Crippen LogP contribution in [-0.4, -0.2) is 18.6 Å². The predicted molar refractivity (Wildman–Crippen MR) is 89.4 cm³/mol. The molecule has 2 rings (SSSR count). The van der Waals surface area contributed by atoms with Crippen molar-refractivity contribution >= 4 is 17.5 Å². The van der Waals surface area contributed by atoms with Gasteiger partial charge in [0.1, 0.15) is 5.75 Å². The fourth-order valence-electron chi connectivity index (χ4n) is 2.07. The van der Waals surface area contributed by atoms with E-state index in [-0.39, 0.29) is 11.8 Å². The highest BCUT2D eigenvalue weighted by Crippen LogP contribution is 2.17. The third-order valence-electron chi connectivity index (χ3n) is 3.45. The summed E-state index contributed by atoms with van der Waals surface area (Å²) in [4.78, 5) is 12.1. The van der Waals surface area contributed by atoms with E-state index < -0.39 is 6.10 Å². The van der Waals surface area contributed by atoms with Gasteiger partial charge in [-0.15, -0.1) is 0 Å². The normalized spacial score (nSPS) is 13.2. The Bertz CT molecular complexity index is 598. The van der Waals surface area contributed by atoms with Gasteiger partial charge in [-0.25, -0.2) is 0 Å². The summed E-state index contributed by atoms with van der Waals surface area (Å²) in [6.45, 7) is 4.40. The van der Waals surface area contributed by atoms with Crippen LogP contribution in [0.5, 0.6) is 5.75 Å². The van der Waals surface area contributed by atoms with Gasteiger partial charge in [-0.3, -0.25) is 4.79 Å². The average molecular weight is 318 g/mol. The zero-order valence-electron chi connectivity index (χ0n) is 12.8. The fraction of sp³-hybridized carbons (Fsp3) is 0.278. The molecule has 3 nitrogen and oxygen atoms in total. The summed E-state index contributed by atoms with van der Waals surface area (Å²) in [6.07, 6.45) is -0.552. The molecule has 1 N–H and O–H groups in total. The first-order chi connectivity index (χ1) is 10.6. The van der Waals surface area contributed by atoms with Crippen LogP contribution in [0.2, 0.25) is 5.02 Å². The Morgan fingerprint density at radius 3 is 2.36 bits per heavy atom. The van der Waals surface area contributed by atoms with E-state index in [1.807, 2.05) is 18.2 Å². The van der Waals surface area contributed by atoms with Gasteiger partial charge < -0.3 is 10.1 Å². The largest absolute Gasteiger partial charge is 0.481 e. The number of hydrogen-bond acceptors (Lipinski definition) is 2. The Hall–Kier alpha value is -2.00. The summed E-state index contributed by atoms with van der Waals surface area (Å²) in [7, 11) is 0. The highest BCUT2D eigenvalue weighted by molar-refractivity contribution is 6.30. The van der Waals surface area contributed by atoms with E-state index in [0.717, 1.165) is 0 Å². The quantitative estimate of drug-likeness (QED) is 0.873. The lowest BCUT2D eigenvalue weighted by Crippen LogP contribution is -2.38. The molecule has 1 amide bonds. The summed E-state index contributed by atoms with van der Waals surface area (Å²) in [5.74, 6) is 0.758. The molecule has 0 bridgehead atoms. The monoisotopic (exact) mass is 317 g/mol. The smallest absolute Gasteiger partial charge is 0.260 e. The molecule has 0 aliphatic heterocycles. The van der Waals surface area contributed by atoms with Crippen molar-refractivity contribution in [2.75, 3.05) is 6.54 Å². The van der Waals surface area contributed by atoms with E-state index in [2.05, 4.69) is 24.4 Å². The van der Waals surface area contributed by atoms with Gasteiger partial charge in [0.25, 0.3) is 5.91 Å². The van der Waals surface area contributed by atoms with Crippen molar-refractivity contribution < 1.29 is 9.53 Å². The van der Waals surface area contributed by atoms with E-state index in [0.29, 0.717) is 17.3 Å². The molecule has 0 radical (unpaired) electrons. The van der Waals surface area contributed by atoms with Crippen molar-refractivity contribution in [3.05, 3.63) is 65.2 Å². The van der Waals surface area contributed by atoms with Gasteiger partial charge in [-0.05, 0) is 42.7 Å². The minimum Gasteiger partial charge on any atom is -0.481 e. The lowest BCUT2D eigenvalue weighted by Gasteiger charge is -2.17. The molecule has 0 fully saturated rings. The van der Waals surface area contributed by atoms with E-state index in [1.165, 1.54) is 5.56 Å². The summed E-state index contributed by atoms with van der Waals surface area (Å²) in [6, 6.07) is 17.1. The zero-order valence-corrected chi connectivity index (χ0v) is 13.5.